The van der Waals surface area contributed by atoms with Crippen LogP contribution in [0, 0.1) is 6.92 Å². The topological polar surface area (TPSA) is 101 Å². The Morgan fingerprint density at radius 2 is 1.90 bits per heavy atom. The molecule has 3 N–H and O–H groups in total. The van der Waals surface area contributed by atoms with Gasteiger partial charge in [0, 0.05) is 12.7 Å². The Labute approximate surface area is 175 Å². The number of aromatic hydroxyl groups is 1. The molecule has 0 spiro atoms. The molecular formula is C22H27N5O3. The van der Waals surface area contributed by atoms with Crippen LogP contribution in [0.15, 0.2) is 36.4 Å². The minimum Gasteiger partial charge on any atom is -0.506 e. The van der Waals surface area contributed by atoms with Crippen molar-refractivity contribution >= 4 is 17.3 Å². The summed E-state index contributed by atoms with van der Waals surface area (Å²) in [5.41, 5.74) is 3.43. The third-order valence-electron chi connectivity index (χ3n) is 4.92. The lowest BCUT2D eigenvalue weighted by molar-refractivity contribution is 0.102. The fourth-order valence-electron chi connectivity index (χ4n) is 3.06. The average molecular weight is 409 g/mol. The second-order valence-corrected chi connectivity index (χ2v) is 8.01. The van der Waals surface area contributed by atoms with Gasteiger partial charge in [0.2, 0.25) is 0 Å². The summed E-state index contributed by atoms with van der Waals surface area (Å²) in [4.78, 5) is 12.9. The molecule has 1 aromatic heterocycles. The maximum Gasteiger partial charge on any atom is 0.278 e. The lowest BCUT2D eigenvalue weighted by atomic mass is 9.87. The number of carbonyl (C=O) groups excluding carboxylic acids is 1. The summed E-state index contributed by atoms with van der Waals surface area (Å²) in [6.07, 6.45) is 0. The van der Waals surface area contributed by atoms with Crippen LogP contribution in [0.3, 0.4) is 0 Å². The quantitative estimate of drug-likeness (QED) is 0.553. The molecule has 0 aliphatic carbocycles. The van der Waals surface area contributed by atoms with Gasteiger partial charge in [0.15, 0.2) is 5.69 Å². The van der Waals surface area contributed by atoms with Crippen molar-refractivity contribution in [3.8, 4) is 17.2 Å². The number of phenols is 1. The Morgan fingerprint density at radius 3 is 2.53 bits per heavy atom. The van der Waals surface area contributed by atoms with E-state index in [0.29, 0.717) is 22.8 Å². The van der Waals surface area contributed by atoms with Crippen molar-refractivity contribution in [1.29, 1.82) is 0 Å². The van der Waals surface area contributed by atoms with Crippen molar-refractivity contribution in [2.75, 3.05) is 24.8 Å². The molecule has 3 aromatic rings. The van der Waals surface area contributed by atoms with Crippen LogP contribution in [0.25, 0.3) is 5.69 Å². The van der Waals surface area contributed by atoms with Crippen LogP contribution in [0.5, 0.6) is 11.5 Å². The van der Waals surface area contributed by atoms with Crippen LogP contribution in [0.1, 0.15) is 42.5 Å². The molecule has 0 bridgehead atoms. The highest BCUT2D eigenvalue weighted by molar-refractivity contribution is 6.04. The van der Waals surface area contributed by atoms with Gasteiger partial charge in [-0.15, -0.1) is 5.10 Å². The highest BCUT2D eigenvalue weighted by Gasteiger charge is 2.22. The van der Waals surface area contributed by atoms with Gasteiger partial charge in [0.1, 0.15) is 17.2 Å². The minimum atomic E-state index is -0.455. The minimum absolute atomic E-state index is 0.00946. The average Bonchev–Trinajstić information content (AvgIpc) is 3.09. The molecule has 0 atom stereocenters. The van der Waals surface area contributed by atoms with E-state index in [1.165, 1.54) is 0 Å². The summed E-state index contributed by atoms with van der Waals surface area (Å²) in [6.45, 7) is 7.94. The summed E-state index contributed by atoms with van der Waals surface area (Å²) < 4.78 is 6.99. The number of hydrogen-bond acceptors (Lipinski definition) is 6. The zero-order valence-corrected chi connectivity index (χ0v) is 18.1. The van der Waals surface area contributed by atoms with Crippen LogP contribution in [-0.2, 0) is 5.41 Å². The van der Waals surface area contributed by atoms with E-state index in [2.05, 4.69) is 41.7 Å². The molecule has 0 saturated heterocycles. The van der Waals surface area contributed by atoms with Gasteiger partial charge in [-0.05, 0) is 48.2 Å². The molecule has 8 heteroatoms. The molecule has 0 unspecified atom stereocenters. The number of anilines is 2. The predicted molar refractivity (Wildman–Crippen MR) is 117 cm³/mol. The second-order valence-electron chi connectivity index (χ2n) is 8.01. The first-order chi connectivity index (χ1) is 14.2. The molecule has 0 saturated carbocycles. The highest BCUT2D eigenvalue weighted by Crippen LogP contribution is 2.31. The maximum absolute atomic E-state index is 12.9. The molecule has 3 rings (SSSR count). The molecule has 0 radical (unpaired) electrons. The van der Waals surface area contributed by atoms with Crippen molar-refractivity contribution in [2.24, 2.45) is 0 Å². The van der Waals surface area contributed by atoms with Gasteiger partial charge in [-0.3, -0.25) is 4.79 Å². The van der Waals surface area contributed by atoms with Crippen LogP contribution in [0.2, 0.25) is 0 Å². The summed E-state index contributed by atoms with van der Waals surface area (Å²) >= 11 is 0. The van der Waals surface area contributed by atoms with Crippen LogP contribution in [-0.4, -0.2) is 40.2 Å². The molecule has 1 heterocycles. The Bertz CT molecular complexity index is 1080. The Balaban J connectivity index is 1.95. The van der Waals surface area contributed by atoms with E-state index in [-0.39, 0.29) is 16.9 Å². The van der Waals surface area contributed by atoms with Gasteiger partial charge < -0.3 is 20.5 Å². The van der Waals surface area contributed by atoms with E-state index < -0.39 is 5.91 Å². The summed E-state index contributed by atoms with van der Waals surface area (Å²) in [5, 5.41) is 24.2. The molecular weight excluding hydrogens is 382 g/mol. The normalized spacial score (nSPS) is 11.3. The fourth-order valence-corrected chi connectivity index (χ4v) is 3.06. The monoisotopic (exact) mass is 409 g/mol. The predicted octanol–water partition coefficient (Wildman–Crippen LogP) is 3.88. The zero-order valence-electron chi connectivity index (χ0n) is 18.1. The summed E-state index contributed by atoms with van der Waals surface area (Å²) in [6, 6.07) is 10.8. The Kier molecular flexibility index (Phi) is 5.69. The van der Waals surface area contributed by atoms with E-state index in [0.717, 1.165) is 11.3 Å². The van der Waals surface area contributed by atoms with Crippen LogP contribution < -0.4 is 15.4 Å². The third kappa shape index (κ3) is 4.07. The first kappa shape index (κ1) is 21.2. The first-order valence-corrected chi connectivity index (χ1v) is 9.59. The van der Waals surface area contributed by atoms with Crippen LogP contribution >= 0.6 is 0 Å². The number of rotatable bonds is 5. The van der Waals surface area contributed by atoms with Gasteiger partial charge in [-0.1, -0.05) is 32.1 Å². The number of hydrogen-bond donors (Lipinski definition) is 3. The number of methoxy groups -OCH3 is 1. The molecule has 0 aliphatic heterocycles. The Morgan fingerprint density at radius 1 is 1.17 bits per heavy atom. The van der Waals surface area contributed by atoms with Gasteiger partial charge in [0.25, 0.3) is 5.91 Å². The molecule has 1 amide bonds. The van der Waals surface area contributed by atoms with Crippen molar-refractivity contribution in [3.05, 3.63) is 53.3 Å². The summed E-state index contributed by atoms with van der Waals surface area (Å²) in [5.74, 6) is 0.137. The van der Waals surface area contributed by atoms with Crippen molar-refractivity contribution < 1.29 is 14.6 Å². The number of nitrogens with zero attached hydrogens (tertiary/aromatic N) is 3. The Hall–Kier alpha value is -3.55. The largest absolute Gasteiger partial charge is 0.506 e. The van der Waals surface area contributed by atoms with Gasteiger partial charge in [-0.2, -0.15) is 0 Å². The maximum atomic E-state index is 12.9. The number of aromatic nitrogens is 3. The summed E-state index contributed by atoms with van der Waals surface area (Å²) in [7, 11) is 3.39. The lowest BCUT2D eigenvalue weighted by Crippen LogP contribution is -2.16. The lowest BCUT2D eigenvalue weighted by Gasteiger charge is -2.20. The molecule has 8 nitrogen and oxygen atoms in total. The van der Waals surface area contributed by atoms with Crippen LogP contribution in [0.4, 0.5) is 11.4 Å². The number of benzene rings is 2. The van der Waals surface area contributed by atoms with E-state index in [1.807, 2.05) is 31.3 Å². The van der Waals surface area contributed by atoms with Crippen molar-refractivity contribution in [3.63, 3.8) is 0 Å². The number of carbonyl (C=O) groups is 1. The molecule has 158 valence electrons. The second kappa shape index (κ2) is 8.06. The molecule has 2 aromatic carbocycles. The number of amides is 1. The SMILES string of the molecule is CNc1ccc(OC)c(-n2nnc(C(=O)Nc3cc(C(C)(C)C)ccc3O)c2C)c1. The van der Waals surface area contributed by atoms with Crippen molar-refractivity contribution in [1.82, 2.24) is 15.0 Å². The van der Waals surface area contributed by atoms with E-state index >= 15 is 0 Å². The standard InChI is InChI=1S/C22H27N5O3/c1-13-20(21(29)24-16-11-14(22(2,3)4)7-9-18(16)28)25-26-27(13)17-12-15(23-5)8-10-19(17)30-6/h7-12,23,28H,1-6H3,(H,24,29). The van der Waals surface area contributed by atoms with E-state index in [4.69, 9.17) is 4.74 Å². The number of nitrogens with one attached hydrogen (secondary N) is 2. The number of ether oxygens (including phenoxy) is 1. The van der Waals surface area contributed by atoms with Gasteiger partial charge in [-0.25, -0.2) is 4.68 Å². The van der Waals surface area contributed by atoms with E-state index in [9.17, 15) is 9.90 Å². The smallest absolute Gasteiger partial charge is 0.278 e. The zero-order chi connectivity index (χ0) is 22.1. The highest BCUT2D eigenvalue weighted by atomic mass is 16.5. The fraction of sp³-hybridized carbons (Fsp3) is 0.318. The van der Waals surface area contributed by atoms with E-state index in [1.54, 1.807) is 30.8 Å². The first-order valence-electron chi connectivity index (χ1n) is 9.59. The van der Waals surface area contributed by atoms with Gasteiger partial charge in [0.05, 0.1) is 18.5 Å². The third-order valence-corrected chi connectivity index (χ3v) is 4.92. The van der Waals surface area contributed by atoms with Crippen molar-refractivity contribution in [2.45, 2.75) is 33.1 Å². The molecule has 0 fully saturated rings. The molecule has 0 aliphatic rings. The number of phenolic OH excluding ortho intramolecular Hbond substituents is 1. The molecule has 30 heavy (non-hydrogen) atoms. The van der Waals surface area contributed by atoms with Gasteiger partial charge >= 0.3 is 0 Å².